The maximum absolute atomic E-state index is 16.4. The number of benzene rings is 3. The van der Waals surface area contributed by atoms with E-state index in [4.69, 9.17) is 13.1 Å². The lowest BCUT2D eigenvalue weighted by molar-refractivity contribution is -0.275. The van der Waals surface area contributed by atoms with E-state index < -0.39 is 109 Å². The molecule has 0 unspecified atom stereocenters. The Morgan fingerprint density at radius 2 is 0.940 bits per heavy atom. The van der Waals surface area contributed by atoms with Crippen LogP contribution in [0.5, 0.6) is 11.5 Å². The molecule has 0 atom stereocenters. The largest absolute Gasteiger partial charge is 0.573 e. The first-order valence-electron chi connectivity index (χ1n) is 13.3. The topological polar surface area (TPSA) is 122 Å². The molecular weight excluding hydrogens is 676 g/mol. The Kier molecular flexibility index (Phi) is 8.37. The summed E-state index contributed by atoms with van der Waals surface area (Å²) >= 11 is 0. The van der Waals surface area contributed by atoms with E-state index >= 15 is 8.78 Å². The molecule has 0 bridgehead atoms. The van der Waals surface area contributed by atoms with Crippen LogP contribution in [0.2, 0.25) is 0 Å². The van der Waals surface area contributed by atoms with Crippen LogP contribution in [0.3, 0.4) is 0 Å². The number of rotatable bonds is 4. The first-order valence-corrected chi connectivity index (χ1v) is 13.3. The van der Waals surface area contributed by atoms with Crippen LogP contribution in [-0.4, -0.2) is 12.7 Å². The van der Waals surface area contributed by atoms with Crippen molar-refractivity contribution >= 4 is 22.3 Å². The van der Waals surface area contributed by atoms with Crippen molar-refractivity contribution in [2.75, 3.05) is 0 Å². The second kappa shape index (κ2) is 12.3. The molecule has 0 N–H and O–H groups in total. The Morgan fingerprint density at radius 1 is 0.580 bits per heavy atom. The normalized spacial score (nSPS) is 15.4. The molecular formula is C34H8F8N6O2. The zero-order valence-corrected chi connectivity index (χ0v) is 24.1. The van der Waals surface area contributed by atoms with E-state index in [0.29, 0.717) is 0 Å². The van der Waals surface area contributed by atoms with Crippen molar-refractivity contribution in [2.24, 2.45) is 0 Å². The van der Waals surface area contributed by atoms with Crippen molar-refractivity contribution in [3.63, 3.8) is 0 Å². The summed E-state index contributed by atoms with van der Waals surface area (Å²) in [6.07, 6.45) is -10.5. The Bertz CT molecular complexity index is 2300. The number of alkyl halides is 6. The van der Waals surface area contributed by atoms with Crippen LogP contribution < -0.4 is 9.47 Å². The lowest BCUT2D eigenvalue weighted by Gasteiger charge is -2.23. The number of hydrogen-bond acceptors (Lipinski definition) is 6. The molecule has 0 spiro atoms. The van der Waals surface area contributed by atoms with Gasteiger partial charge in [-0.1, -0.05) is 24.3 Å². The highest BCUT2D eigenvalue weighted by atomic mass is 19.4. The van der Waals surface area contributed by atoms with Gasteiger partial charge in [0.15, 0.2) is 0 Å². The maximum Gasteiger partial charge on any atom is 0.573 e. The molecule has 8 nitrogen and oxygen atoms in total. The molecule has 5 rings (SSSR count). The van der Waals surface area contributed by atoms with Crippen LogP contribution in [0.15, 0.2) is 71.6 Å². The lowest BCUT2D eigenvalue weighted by Crippen LogP contribution is -2.17. The minimum absolute atomic E-state index is 0.369. The molecule has 0 saturated carbocycles. The van der Waals surface area contributed by atoms with Crippen LogP contribution in [-0.2, 0) is 0 Å². The van der Waals surface area contributed by atoms with Gasteiger partial charge in [-0.3, -0.25) is 0 Å². The molecule has 3 aromatic rings. The summed E-state index contributed by atoms with van der Waals surface area (Å²) in [5, 5.41) is 40.0. The standard InChI is InChI=1S/C34H8F8N6O2/c1-47-21(13-45)27-29-24(16-6-4-8-18(10-16)50-34(40,41)42)30-26(20(12-44)32(36)28(30)22(14-46)48-2)23(25(29)19(11-43)31(27)35)15-5-3-7-17(9-15)49-33(37,38)39/h3-10H/b27-21-,28-22+. The molecule has 242 valence electrons. The van der Waals surface area contributed by atoms with Crippen LogP contribution in [0, 0.1) is 58.5 Å². The zero-order chi connectivity index (χ0) is 36.7. The minimum Gasteiger partial charge on any atom is -0.406 e. The van der Waals surface area contributed by atoms with Crippen LogP contribution in [0.4, 0.5) is 35.1 Å². The predicted octanol–water partition coefficient (Wildman–Crippen LogP) is 9.56. The van der Waals surface area contributed by atoms with E-state index in [1.165, 1.54) is 12.1 Å². The molecule has 0 aromatic heterocycles. The second-order valence-corrected chi connectivity index (χ2v) is 9.90. The first kappa shape index (κ1) is 33.9. The van der Waals surface area contributed by atoms with Crippen molar-refractivity contribution in [2.45, 2.75) is 12.7 Å². The van der Waals surface area contributed by atoms with Crippen molar-refractivity contribution < 1.29 is 44.6 Å². The molecule has 2 aliphatic rings. The summed E-state index contributed by atoms with van der Waals surface area (Å²) in [5.41, 5.74) is -10.0. The van der Waals surface area contributed by atoms with E-state index in [1.807, 2.05) is 0 Å². The lowest BCUT2D eigenvalue weighted by atomic mass is 9.78. The second-order valence-electron chi connectivity index (χ2n) is 9.90. The van der Waals surface area contributed by atoms with Crippen molar-refractivity contribution in [3.8, 4) is 58.0 Å². The number of fused-ring (bicyclic) bond motifs is 2. The predicted molar refractivity (Wildman–Crippen MR) is 156 cm³/mol. The van der Waals surface area contributed by atoms with Gasteiger partial charge < -0.3 is 9.47 Å². The van der Waals surface area contributed by atoms with Gasteiger partial charge in [0.2, 0.25) is 0 Å². The minimum atomic E-state index is -5.24. The number of allylic oxidation sites excluding steroid dienone is 8. The van der Waals surface area contributed by atoms with E-state index in [-0.39, 0.29) is 5.56 Å². The van der Waals surface area contributed by atoms with Gasteiger partial charge in [-0.2, -0.15) is 10.5 Å². The zero-order valence-electron chi connectivity index (χ0n) is 24.1. The van der Waals surface area contributed by atoms with Gasteiger partial charge in [-0.15, -0.1) is 26.3 Å². The van der Waals surface area contributed by atoms with Crippen molar-refractivity contribution in [3.05, 3.63) is 117 Å². The molecule has 0 fully saturated rings. The molecule has 2 aliphatic carbocycles. The third-order valence-corrected chi connectivity index (χ3v) is 7.22. The third-order valence-electron chi connectivity index (χ3n) is 7.22. The van der Waals surface area contributed by atoms with Crippen molar-refractivity contribution in [1.29, 1.82) is 21.0 Å². The molecule has 0 aliphatic heterocycles. The van der Waals surface area contributed by atoms with Gasteiger partial charge in [0.05, 0.1) is 36.4 Å². The molecule has 0 amide bonds. The van der Waals surface area contributed by atoms with E-state index in [0.717, 1.165) is 48.5 Å². The maximum atomic E-state index is 16.4. The summed E-state index contributed by atoms with van der Waals surface area (Å²) in [7, 11) is 0. The SMILES string of the molecule is [C-]#[N+]/C(C#N)=C1\C(F)=C(C#N)c2c1c(-c1cccc(OC(F)(F)F)c1)c1c(c2-c2cccc(OC(F)(F)F)c2)C(C#N)=C(F)/C1=C(\C#N)[N+]#[C-]. The number of nitriles is 4. The molecule has 50 heavy (non-hydrogen) atoms. The quantitative estimate of drug-likeness (QED) is 0.153. The first-order chi connectivity index (χ1) is 23.6. The van der Waals surface area contributed by atoms with Gasteiger partial charge in [-0.05, 0) is 52.1 Å². The molecule has 0 heterocycles. The smallest absolute Gasteiger partial charge is 0.406 e. The highest BCUT2D eigenvalue weighted by Gasteiger charge is 2.44. The number of hydrogen-bond donors (Lipinski definition) is 0. The Morgan fingerprint density at radius 3 is 1.24 bits per heavy atom. The van der Waals surface area contributed by atoms with E-state index in [1.54, 1.807) is 12.1 Å². The average Bonchev–Trinajstić information content (AvgIpc) is 3.49. The monoisotopic (exact) mass is 684 g/mol. The van der Waals surface area contributed by atoms with Gasteiger partial charge >= 0.3 is 12.7 Å². The fourth-order valence-corrected chi connectivity index (χ4v) is 5.64. The molecule has 3 aromatic carbocycles. The third kappa shape index (κ3) is 5.60. The summed E-state index contributed by atoms with van der Waals surface area (Å²) in [4.78, 5) is 6.01. The Hall–Kier alpha value is -7.40. The summed E-state index contributed by atoms with van der Waals surface area (Å²) in [6, 6.07) is 13.4. The van der Waals surface area contributed by atoms with Crippen LogP contribution >= 0.6 is 0 Å². The summed E-state index contributed by atoms with van der Waals surface area (Å²) < 4.78 is 120. The number of nitrogens with zero attached hydrogens (tertiary/aromatic N) is 6. The molecule has 0 saturated heterocycles. The van der Waals surface area contributed by atoms with E-state index in [9.17, 15) is 47.4 Å². The van der Waals surface area contributed by atoms with Crippen LogP contribution in [0.1, 0.15) is 22.3 Å². The molecule has 16 heteroatoms. The van der Waals surface area contributed by atoms with Gasteiger partial charge in [0.1, 0.15) is 35.3 Å². The highest BCUT2D eigenvalue weighted by molar-refractivity contribution is 6.20. The fraction of sp³-hybridized carbons (Fsp3) is 0.0588. The molecule has 0 radical (unpaired) electrons. The Labute approximate surface area is 275 Å². The summed E-state index contributed by atoms with van der Waals surface area (Å²) in [6.45, 7) is 15.1. The average molecular weight is 684 g/mol. The number of ether oxygens (including phenoxy) is 2. The highest BCUT2D eigenvalue weighted by Crippen LogP contribution is 2.60. The van der Waals surface area contributed by atoms with Gasteiger partial charge in [-0.25, -0.2) is 29.0 Å². The van der Waals surface area contributed by atoms with Crippen molar-refractivity contribution in [1.82, 2.24) is 0 Å². The Balaban J connectivity index is 2.16. The summed E-state index contributed by atoms with van der Waals surface area (Å²) in [5.74, 6) is -4.80. The van der Waals surface area contributed by atoms with Crippen LogP contribution in [0.25, 0.3) is 54.2 Å². The van der Waals surface area contributed by atoms with E-state index in [2.05, 4.69) is 19.2 Å². The van der Waals surface area contributed by atoms with Gasteiger partial charge in [0.25, 0.3) is 11.4 Å². The fourth-order valence-electron chi connectivity index (χ4n) is 5.64. The number of halogens is 8. The van der Waals surface area contributed by atoms with Gasteiger partial charge in [0, 0.05) is 27.8 Å².